The van der Waals surface area contributed by atoms with E-state index in [2.05, 4.69) is 20.5 Å². The lowest BCUT2D eigenvalue weighted by molar-refractivity contribution is -0.137. The summed E-state index contributed by atoms with van der Waals surface area (Å²) in [4.78, 5) is 0.555. The number of alkyl halides is 3. The molecule has 0 spiro atoms. The molecule has 29 heavy (non-hydrogen) atoms. The van der Waals surface area contributed by atoms with Crippen molar-refractivity contribution in [3.8, 4) is 11.4 Å². The monoisotopic (exact) mass is 415 g/mol. The predicted octanol–water partition coefficient (Wildman–Crippen LogP) is 4.91. The molecule has 0 amide bonds. The van der Waals surface area contributed by atoms with E-state index in [1.54, 1.807) is 0 Å². The van der Waals surface area contributed by atoms with Crippen molar-refractivity contribution in [1.82, 2.24) is 25.0 Å². The molecule has 0 aliphatic heterocycles. The summed E-state index contributed by atoms with van der Waals surface area (Å²) in [7, 11) is 0. The normalized spacial score (nSPS) is 12.3. The van der Waals surface area contributed by atoms with Crippen LogP contribution >= 0.6 is 11.3 Å². The highest BCUT2D eigenvalue weighted by Gasteiger charge is 2.30. The summed E-state index contributed by atoms with van der Waals surface area (Å²) in [5.74, 6) is 0.386. The van der Waals surface area contributed by atoms with Crippen LogP contribution in [0, 0.1) is 6.92 Å². The Hall–Kier alpha value is -3.27. The molecule has 10 heteroatoms. The van der Waals surface area contributed by atoms with Crippen molar-refractivity contribution in [2.75, 3.05) is 0 Å². The molecule has 0 saturated carbocycles. The van der Waals surface area contributed by atoms with E-state index in [9.17, 15) is 13.2 Å². The van der Waals surface area contributed by atoms with E-state index in [1.807, 2.05) is 25.1 Å². The van der Waals surface area contributed by atoms with Crippen molar-refractivity contribution in [2.24, 2.45) is 0 Å². The van der Waals surface area contributed by atoms with Gasteiger partial charge < -0.3 is 4.52 Å². The van der Waals surface area contributed by atoms with Gasteiger partial charge in [0, 0.05) is 17.4 Å². The smallest absolute Gasteiger partial charge is 0.356 e. The average Bonchev–Trinajstić information content (AvgIpc) is 3.36. The van der Waals surface area contributed by atoms with E-state index in [1.165, 1.54) is 28.0 Å². The third kappa shape index (κ3) is 3.15. The lowest BCUT2D eigenvalue weighted by atomic mass is 10.1. The zero-order valence-corrected chi connectivity index (χ0v) is 15.8. The van der Waals surface area contributed by atoms with E-state index < -0.39 is 11.7 Å². The number of fused-ring (bicyclic) bond motifs is 2. The second-order valence-electron chi connectivity index (χ2n) is 6.59. The van der Waals surface area contributed by atoms with Gasteiger partial charge in [-0.25, -0.2) is 0 Å². The summed E-state index contributed by atoms with van der Waals surface area (Å²) in [6, 6.07) is 10.6. The van der Waals surface area contributed by atoms with Gasteiger partial charge in [0.2, 0.25) is 4.96 Å². The van der Waals surface area contributed by atoms with Crippen molar-refractivity contribution in [3.05, 3.63) is 64.3 Å². The standard InChI is InChI=1S/C19H12F3N5OS/c1-10-2-7-15-13(8-10)14(26-28-15)9-16-25-27-17(23-24-18(27)29-16)11-3-5-12(6-4-11)19(20,21)22/h2-8H,9H2,1H3. The van der Waals surface area contributed by atoms with Crippen LogP contribution in [0.4, 0.5) is 13.2 Å². The number of rotatable bonds is 3. The minimum Gasteiger partial charge on any atom is -0.356 e. The average molecular weight is 415 g/mol. The van der Waals surface area contributed by atoms with Crippen LogP contribution in [-0.4, -0.2) is 25.0 Å². The van der Waals surface area contributed by atoms with Crippen molar-refractivity contribution >= 4 is 27.3 Å². The molecule has 0 atom stereocenters. The van der Waals surface area contributed by atoms with Gasteiger partial charge in [-0.2, -0.15) is 22.8 Å². The lowest BCUT2D eigenvalue weighted by Crippen LogP contribution is -2.04. The van der Waals surface area contributed by atoms with Crippen LogP contribution < -0.4 is 0 Å². The summed E-state index contributed by atoms with van der Waals surface area (Å²) in [6.45, 7) is 2.00. The third-order valence-electron chi connectivity index (χ3n) is 4.52. The highest BCUT2D eigenvalue weighted by Crippen LogP contribution is 2.31. The van der Waals surface area contributed by atoms with Gasteiger partial charge in [-0.15, -0.1) is 10.2 Å². The van der Waals surface area contributed by atoms with Gasteiger partial charge in [-0.05, 0) is 31.2 Å². The molecule has 3 heterocycles. The Bertz CT molecular complexity index is 1330. The van der Waals surface area contributed by atoms with Crippen LogP contribution in [0.15, 0.2) is 47.0 Å². The first-order valence-electron chi connectivity index (χ1n) is 8.62. The Morgan fingerprint density at radius 1 is 1.07 bits per heavy atom. The molecule has 6 nitrogen and oxygen atoms in total. The molecule has 0 fully saturated rings. The first-order valence-corrected chi connectivity index (χ1v) is 9.44. The molecular formula is C19H12F3N5OS. The van der Waals surface area contributed by atoms with Gasteiger partial charge in [-0.1, -0.05) is 40.3 Å². The second kappa shape index (κ2) is 6.38. The van der Waals surface area contributed by atoms with Crippen LogP contribution in [-0.2, 0) is 12.6 Å². The molecule has 0 unspecified atom stereocenters. The van der Waals surface area contributed by atoms with Gasteiger partial charge >= 0.3 is 6.18 Å². The summed E-state index contributed by atoms with van der Waals surface area (Å²) < 4.78 is 45.2. The van der Waals surface area contributed by atoms with E-state index in [-0.39, 0.29) is 0 Å². The molecule has 5 aromatic rings. The first-order chi connectivity index (χ1) is 13.9. The van der Waals surface area contributed by atoms with Crippen molar-refractivity contribution < 1.29 is 17.7 Å². The molecule has 146 valence electrons. The van der Waals surface area contributed by atoms with Crippen LogP contribution in [0.2, 0.25) is 0 Å². The summed E-state index contributed by atoms with van der Waals surface area (Å²) in [5.41, 5.74) is 2.37. The Morgan fingerprint density at radius 2 is 1.86 bits per heavy atom. The Kier molecular flexibility index (Phi) is 3.91. The van der Waals surface area contributed by atoms with E-state index in [4.69, 9.17) is 4.52 Å². The number of nitrogens with zero attached hydrogens (tertiary/aromatic N) is 5. The zero-order chi connectivity index (χ0) is 20.2. The molecule has 0 aliphatic rings. The minimum absolute atomic E-state index is 0.386. The lowest BCUT2D eigenvalue weighted by Gasteiger charge is -2.06. The second-order valence-corrected chi connectivity index (χ2v) is 7.64. The Labute approximate surface area is 165 Å². The fraction of sp³-hybridized carbons (Fsp3) is 0.158. The van der Waals surface area contributed by atoms with E-state index in [0.29, 0.717) is 28.4 Å². The maximum absolute atomic E-state index is 12.8. The fourth-order valence-electron chi connectivity index (χ4n) is 3.09. The highest BCUT2D eigenvalue weighted by molar-refractivity contribution is 7.16. The van der Waals surface area contributed by atoms with Gasteiger partial charge in [0.1, 0.15) is 5.01 Å². The highest BCUT2D eigenvalue weighted by atomic mass is 32.1. The molecule has 0 aliphatic carbocycles. The zero-order valence-electron chi connectivity index (χ0n) is 14.9. The molecule has 3 aromatic heterocycles. The number of hydrogen-bond acceptors (Lipinski definition) is 6. The molecule has 0 bridgehead atoms. The number of halogens is 3. The van der Waals surface area contributed by atoms with Crippen molar-refractivity contribution in [1.29, 1.82) is 0 Å². The van der Waals surface area contributed by atoms with Crippen LogP contribution in [0.1, 0.15) is 21.8 Å². The maximum Gasteiger partial charge on any atom is 0.416 e. The SMILES string of the molecule is Cc1ccc2onc(Cc3nn4c(-c5ccc(C(F)(F)F)cc5)nnc4s3)c2c1. The van der Waals surface area contributed by atoms with Crippen LogP contribution in [0.3, 0.4) is 0 Å². The Morgan fingerprint density at radius 3 is 2.62 bits per heavy atom. The number of benzene rings is 2. The third-order valence-corrected chi connectivity index (χ3v) is 5.42. The van der Waals surface area contributed by atoms with Gasteiger partial charge in [-0.3, -0.25) is 0 Å². The minimum atomic E-state index is -4.38. The number of hydrogen-bond donors (Lipinski definition) is 0. The van der Waals surface area contributed by atoms with Crippen molar-refractivity contribution in [3.63, 3.8) is 0 Å². The van der Waals surface area contributed by atoms with Gasteiger partial charge in [0.25, 0.3) is 0 Å². The first kappa shape index (κ1) is 17.8. The van der Waals surface area contributed by atoms with Gasteiger partial charge in [0.15, 0.2) is 11.4 Å². The summed E-state index contributed by atoms with van der Waals surface area (Å²) in [5, 5.41) is 18.5. The van der Waals surface area contributed by atoms with E-state index in [0.717, 1.165) is 33.8 Å². The fourth-order valence-corrected chi connectivity index (χ4v) is 3.93. The van der Waals surface area contributed by atoms with Crippen LogP contribution in [0.5, 0.6) is 0 Å². The molecule has 2 aromatic carbocycles. The van der Waals surface area contributed by atoms with Crippen LogP contribution in [0.25, 0.3) is 27.3 Å². The summed E-state index contributed by atoms with van der Waals surface area (Å²) >= 11 is 1.35. The molecule has 0 saturated heterocycles. The van der Waals surface area contributed by atoms with E-state index >= 15 is 0 Å². The molecule has 0 radical (unpaired) electrons. The topological polar surface area (TPSA) is 69.1 Å². The number of aromatic nitrogens is 5. The summed E-state index contributed by atoms with van der Waals surface area (Å²) in [6.07, 6.45) is -3.93. The van der Waals surface area contributed by atoms with Gasteiger partial charge in [0.05, 0.1) is 11.3 Å². The number of aryl methyl sites for hydroxylation is 1. The molecule has 5 rings (SSSR count). The quantitative estimate of drug-likeness (QED) is 0.419. The molecular weight excluding hydrogens is 403 g/mol. The largest absolute Gasteiger partial charge is 0.416 e. The Balaban J connectivity index is 1.49. The molecule has 0 N–H and O–H groups in total. The van der Waals surface area contributed by atoms with Crippen molar-refractivity contribution in [2.45, 2.75) is 19.5 Å². The predicted molar refractivity (Wildman–Crippen MR) is 101 cm³/mol. The maximum atomic E-state index is 12.8.